The fourth-order valence-electron chi connectivity index (χ4n) is 3.18. The van der Waals surface area contributed by atoms with E-state index in [-0.39, 0.29) is 18.1 Å². The highest BCUT2D eigenvalue weighted by Gasteiger charge is 2.26. The first kappa shape index (κ1) is 17.8. The van der Waals surface area contributed by atoms with Crippen molar-refractivity contribution in [3.05, 3.63) is 0 Å². The van der Waals surface area contributed by atoms with Gasteiger partial charge in [-0.3, -0.25) is 4.99 Å². The Labute approximate surface area is 138 Å². The molecule has 23 heavy (non-hydrogen) atoms. The van der Waals surface area contributed by atoms with E-state index in [9.17, 15) is 9.90 Å². The number of carbonyl (C=O) groups is 1. The smallest absolute Gasteiger partial charge is 0.409 e. The summed E-state index contributed by atoms with van der Waals surface area (Å²) in [6.45, 7) is 8.55. The van der Waals surface area contributed by atoms with Crippen molar-refractivity contribution < 1.29 is 14.6 Å². The van der Waals surface area contributed by atoms with Gasteiger partial charge in [-0.15, -0.1) is 0 Å². The Morgan fingerprint density at radius 3 is 2.48 bits per heavy atom. The van der Waals surface area contributed by atoms with E-state index in [1.165, 1.54) is 0 Å². The molecule has 7 nitrogen and oxygen atoms in total. The molecule has 1 saturated heterocycles. The third-order valence-corrected chi connectivity index (χ3v) is 4.53. The zero-order chi connectivity index (χ0) is 16.7. The lowest BCUT2D eigenvalue weighted by Gasteiger charge is -2.36. The van der Waals surface area contributed by atoms with Crippen LogP contribution < -0.4 is 5.32 Å². The van der Waals surface area contributed by atoms with Crippen molar-refractivity contribution >= 4 is 12.1 Å². The Morgan fingerprint density at radius 2 is 1.91 bits per heavy atom. The van der Waals surface area contributed by atoms with Crippen molar-refractivity contribution in [2.24, 2.45) is 10.9 Å². The lowest BCUT2D eigenvalue weighted by molar-refractivity contribution is 0.0913. The summed E-state index contributed by atoms with van der Waals surface area (Å²) in [7, 11) is 0. The van der Waals surface area contributed by atoms with Gasteiger partial charge < -0.3 is 25.0 Å². The lowest BCUT2D eigenvalue weighted by atomic mass is 10.1. The highest BCUT2D eigenvalue weighted by atomic mass is 16.6. The molecule has 2 unspecified atom stereocenters. The number of aliphatic hydroxyl groups excluding tert-OH is 1. The quantitative estimate of drug-likeness (QED) is 0.592. The molecule has 2 aliphatic rings. The number of aliphatic hydroxyl groups is 1. The summed E-state index contributed by atoms with van der Waals surface area (Å²) in [5, 5.41) is 13.2. The molecule has 2 N–H and O–H groups in total. The Balaban J connectivity index is 1.87. The summed E-state index contributed by atoms with van der Waals surface area (Å²) in [5.74, 6) is 1.17. The van der Waals surface area contributed by atoms with Crippen LogP contribution in [0.2, 0.25) is 0 Å². The summed E-state index contributed by atoms with van der Waals surface area (Å²) in [6.07, 6.45) is 2.61. The van der Waals surface area contributed by atoms with Gasteiger partial charge in [0.2, 0.25) is 0 Å². The van der Waals surface area contributed by atoms with Gasteiger partial charge in [-0.1, -0.05) is 6.42 Å². The second-order valence-corrected chi connectivity index (χ2v) is 6.13. The van der Waals surface area contributed by atoms with Crippen molar-refractivity contribution in [2.75, 3.05) is 45.9 Å². The van der Waals surface area contributed by atoms with Crippen LogP contribution in [-0.2, 0) is 4.74 Å². The summed E-state index contributed by atoms with van der Waals surface area (Å²) in [6, 6.07) is 0. The van der Waals surface area contributed by atoms with E-state index in [0.717, 1.165) is 44.9 Å². The van der Waals surface area contributed by atoms with Gasteiger partial charge in [0.15, 0.2) is 5.96 Å². The molecule has 2 atom stereocenters. The monoisotopic (exact) mass is 326 g/mol. The van der Waals surface area contributed by atoms with Gasteiger partial charge in [0.1, 0.15) is 0 Å². The first-order chi connectivity index (χ1) is 11.2. The number of amides is 1. The first-order valence-corrected chi connectivity index (χ1v) is 8.78. The highest BCUT2D eigenvalue weighted by molar-refractivity contribution is 5.80. The number of aliphatic imine (C=N–C) groups is 1. The van der Waals surface area contributed by atoms with E-state index >= 15 is 0 Å². The van der Waals surface area contributed by atoms with Crippen molar-refractivity contribution in [1.29, 1.82) is 0 Å². The number of piperazine rings is 1. The highest BCUT2D eigenvalue weighted by Crippen LogP contribution is 2.25. The van der Waals surface area contributed by atoms with Crippen molar-refractivity contribution in [1.82, 2.24) is 15.1 Å². The maximum Gasteiger partial charge on any atom is 0.409 e. The Morgan fingerprint density at radius 1 is 1.22 bits per heavy atom. The Hall–Kier alpha value is -1.50. The summed E-state index contributed by atoms with van der Waals surface area (Å²) < 4.78 is 5.05. The maximum absolute atomic E-state index is 11.7. The molecule has 0 bridgehead atoms. The average Bonchev–Trinajstić information content (AvgIpc) is 2.97. The van der Waals surface area contributed by atoms with Gasteiger partial charge in [-0.2, -0.15) is 0 Å². The van der Waals surface area contributed by atoms with Crippen LogP contribution in [0.1, 0.15) is 33.1 Å². The minimum absolute atomic E-state index is 0.206. The predicted molar refractivity (Wildman–Crippen MR) is 89.5 cm³/mol. The number of hydrogen-bond donors (Lipinski definition) is 2. The number of hydrogen-bond acceptors (Lipinski definition) is 4. The van der Waals surface area contributed by atoms with Gasteiger partial charge in [0.25, 0.3) is 0 Å². The zero-order valence-electron chi connectivity index (χ0n) is 14.3. The van der Waals surface area contributed by atoms with Crippen LogP contribution in [0.25, 0.3) is 0 Å². The van der Waals surface area contributed by atoms with Crippen LogP contribution in [0, 0.1) is 5.92 Å². The molecule has 0 aromatic carbocycles. The van der Waals surface area contributed by atoms with E-state index < -0.39 is 0 Å². The fourth-order valence-corrected chi connectivity index (χ4v) is 3.18. The molecule has 132 valence electrons. The molecule has 1 saturated carbocycles. The molecule has 1 aliphatic carbocycles. The van der Waals surface area contributed by atoms with Gasteiger partial charge >= 0.3 is 6.09 Å². The molecule has 2 fully saturated rings. The van der Waals surface area contributed by atoms with Gasteiger partial charge in [0, 0.05) is 45.2 Å². The number of nitrogens with one attached hydrogen (secondary N) is 1. The van der Waals surface area contributed by atoms with Crippen LogP contribution in [0.3, 0.4) is 0 Å². The lowest BCUT2D eigenvalue weighted by Crippen LogP contribution is -2.54. The number of nitrogens with zero attached hydrogens (tertiary/aromatic N) is 3. The normalized spacial score (nSPS) is 25.6. The molecule has 2 rings (SSSR count). The second kappa shape index (κ2) is 8.96. The predicted octanol–water partition coefficient (Wildman–Crippen LogP) is 0.887. The molecule has 0 aromatic heterocycles. The minimum atomic E-state index is -0.233. The third-order valence-electron chi connectivity index (χ3n) is 4.53. The number of rotatable bonds is 4. The zero-order valence-corrected chi connectivity index (χ0v) is 14.3. The second-order valence-electron chi connectivity index (χ2n) is 6.13. The van der Waals surface area contributed by atoms with Crippen LogP contribution in [-0.4, -0.2) is 78.9 Å². The summed E-state index contributed by atoms with van der Waals surface area (Å²) in [5.41, 5.74) is 0. The van der Waals surface area contributed by atoms with Crippen LogP contribution in [0.4, 0.5) is 4.79 Å². The van der Waals surface area contributed by atoms with Crippen molar-refractivity contribution in [3.8, 4) is 0 Å². The van der Waals surface area contributed by atoms with E-state index in [0.29, 0.717) is 26.2 Å². The van der Waals surface area contributed by atoms with Gasteiger partial charge in [-0.25, -0.2) is 4.79 Å². The van der Waals surface area contributed by atoms with Crippen molar-refractivity contribution in [2.45, 2.75) is 39.2 Å². The Kier molecular flexibility index (Phi) is 6.95. The first-order valence-electron chi connectivity index (χ1n) is 8.78. The summed E-state index contributed by atoms with van der Waals surface area (Å²) in [4.78, 5) is 20.4. The third kappa shape index (κ3) is 4.99. The van der Waals surface area contributed by atoms with Crippen LogP contribution in [0.5, 0.6) is 0 Å². The molecule has 0 radical (unpaired) electrons. The number of ether oxygens (including phenoxy) is 1. The largest absolute Gasteiger partial charge is 0.450 e. The number of guanidine groups is 1. The topological polar surface area (TPSA) is 77.4 Å². The standard InChI is InChI=1S/C16H30N4O3/c1-3-17-15(18-12-13-6-5-7-14(13)21)19-8-10-20(11-9-19)16(22)23-4-2/h13-14,21H,3-12H2,1-2H3,(H,17,18). The minimum Gasteiger partial charge on any atom is -0.450 e. The Bertz CT molecular complexity index is 408. The van der Waals surface area contributed by atoms with E-state index in [1.54, 1.807) is 4.90 Å². The molecule has 1 heterocycles. The van der Waals surface area contributed by atoms with Crippen molar-refractivity contribution in [3.63, 3.8) is 0 Å². The average molecular weight is 326 g/mol. The molecular weight excluding hydrogens is 296 g/mol. The van der Waals surface area contributed by atoms with E-state index in [4.69, 9.17) is 9.73 Å². The fraction of sp³-hybridized carbons (Fsp3) is 0.875. The molecule has 1 aliphatic heterocycles. The number of carbonyl (C=O) groups excluding carboxylic acids is 1. The molecule has 0 spiro atoms. The van der Waals surface area contributed by atoms with E-state index in [1.807, 2.05) is 6.92 Å². The molecule has 1 amide bonds. The van der Waals surface area contributed by atoms with Gasteiger partial charge in [0.05, 0.1) is 12.7 Å². The molecular formula is C16H30N4O3. The SMILES string of the molecule is CCNC(=NCC1CCCC1O)N1CCN(C(=O)OCC)CC1. The van der Waals surface area contributed by atoms with Crippen LogP contribution >= 0.6 is 0 Å². The van der Waals surface area contributed by atoms with E-state index in [2.05, 4.69) is 17.1 Å². The van der Waals surface area contributed by atoms with Gasteiger partial charge in [-0.05, 0) is 26.7 Å². The molecule has 7 heteroatoms. The maximum atomic E-state index is 11.7. The van der Waals surface area contributed by atoms with Crippen LogP contribution in [0.15, 0.2) is 4.99 Å². The molecule has 0 aromatic rings. The summed E-state index contributed by atoms with van der Waals surface area (Å²) >= 11 is 0.